The van der Waals surface area contributed by atoms with Crippen LogP contribution in [0, 0.1) is 5.92 Å². The van der Waals surface area contributed by atoms with Gasteiger partial charge >= 0.3 is 0 Å². The van der Waals surface area contributed by atoms with Crippen LogP contribution in [0.5, 0.6) is 5.75 Å². The minimum atomic E-state index is 0.0200. The lowest BCUT2D eigenvalue weighted by Gasteiger charge is -2.15. The molecular weight excluding hydrogens is 364 g/mol. The summed E-state index contributed by atoms with van der Waals surface area (Å²) < 4.78 is 5.51. The van der Waals surface area contributed by atoms with Gasteiger partial charge < -0.3 is 15.4 Å². The molecule has 27 heavy (non-hydrogen) atoms. The molecule has 6 nitrogen and oxygen atoms in total. The van der Waals surface area contributed by atoms with E-state index in [1.807, 2.05) is 25.2 Å². The van der Waals surface area contributed by atoms with E-state index in [2.05, 4.69) is 20.6 Å². The predicted octanol–water partition coefficient (Wildman–Crippen LogP) is 4.35. The second kappa shape index (κ2) is 7.04. The monoisotopic (exact) mass is 382 g/mol. The Morgan fingerprint density at radius 1 is 1.19 bits per heavy atom. The second-order valence-corrected chi connectivity index (χ2v) is 6.88. The van der Waals surface area contributed by atoms with Crippen molar-refractivity contribution >= 4 is 39.9 Å². The molecule has 3 aromatic rings. The van der Waals surface area contributed by atoms with Gasteiger partial charge in [0.1, 0.15) is 17.4 Å². The second-order valence-electron chi connectivity index (χ2n) is 6.47. The highest BCUT2D eigenvalue weighted by molar-refractivity contribution is 6.32. The lowest BCUT2D eigenvalue weighted by Crippen LogP contribution is -2.14. The average Bonchev–Trinajstić information content (AvgIpc) is 3.52. The van der Waals surface area contributed by atoms with Gasteiger partial charge in [0.05, 0.1) is 12.1 Å². The highest BCUT2D eigenvalue weighted by Gasteiger charge is 2.30. The number of pyridine rings is 2. The number of hydrogen-bond donors (Lipinski definition) is 2. The summed E-state index contributed by atoms with van der Waals surface area (Å²) in [4.78, 5) is 21.0. The number of rotatable bonds is 5. The number of halogens is 1. The highest BCUT2D eigenvalue weighted by atomic mass is 35.5. The molecule has 1 fully saturated rings. The number of anilines is 2. The van der Waals surface area contributed by atoms with Gasteiger partial charge in [0, 0.05) is 47.3 Å². The van der Waals surface area contributed by atoms with E-state index in [1.165, 1.54) is 0 Å². The number of nitrogens with zero attached hydrogens (tertiary/aromatic N) is 2. The van der Waals surface area contributed by atoms with E-state index in [1.54, 1.807) is 25.6 Å². The van der Waals surface area contributed by atoms with Crippen molar-refractivity contribution in [1.29, 1.82) is 0 Å². The van der Waals surface area contributed by atoms with Crippen LogP contribution in [0.15, 0.2) is 36.7 Å². The van der Waals surface area contributed by atoms with Crippen molar-refractivity contribution in [2.45, 2.75) is 12.8 Å². The van der Waals surface area contributed by atoms with E-state index in [9.17, 15) is 4.79 Å². The number of amides is 1. The zero-order chi connectivity index (χ0) is 19.0. The number of fused-ring (bicyclic) bond motifs is 1. The molecule has 1 aromatic carbocycles. The predicted molar refractivity (Wildman–Crippen MR) is 107 cm³/mol. The Morgan fingerprint density at radius 3 is 2.70 bits per heavy atom. The SMILES string of the molecule is CNc1ncc(-c2cccc(Cl)c2OC)c2cc(NC(=O)C3CC3)ncc12. The number of para-hydroxylation sites is 1. The summed E-state index contributed by atoms with van der Waals surface area (Å²) in [6, 6.07) is 7.45. The van der Waals surface area contributed by atoms with Crippen LogP contribution in [0.25, 0.3) is 21.9 Å². The zero-order valence-corrected chi connectivity index (χ0v) is 15.8. The molecule has 7 heteroatoms. The number of benzene rings is 1. The fraction of sp³-hybridized carbons (Fsp3) is 0.250. The van der Waals surface area contributed by atoms with Crippen LogP contribution >= 0.6 is 11.6 Å². The van der Waals surface area contributed by atoms with E-state index in [0.717, 1.165) is 34.7 Å². The van der Waals surface area contributed by atoms with Gasteiger partial charge in [0.15, 0.2) is 0 Å². The smallest absolute Gasteiger partial charge is 0.228 e. The Morgan fingerprint density at radius 2 is 2.00 bits per heavy atom. The first-order valence-corrected chi connectivity index (χ1v) is 9.10. The quantitative estimate of drug-likeness (QED) is 0.686. The highest BCUT2D eigenvalue weighted by Crippen LogP contribution is 2.40. The van der Waals surface area contributed by atoms with E-state index >= 15 is 0 Å². The largest absolute Gasteiger partial charge is 0.495 e. The first-order valence-electron chi connectivity index (χ1n) is 8.72. The number of aromatic nitrogens is 2. The molecule has 138 valence electrons. The molecule has 0 saturated heterocycles. The van der Waals surface area contributed by atoms with Crippen LogP contribution in [0.3, 0.4) is 0 Å². The maximum atomic E-state index is 12.1. The standard InChI is InChI=1S/C20H19ClN4O2/c1-22-19-15-10-23-17(25-20(26)11-6-7-11)8-13(15)14(9-24-19)12-4-3-5-16(21)18(12)27-2/h3-5,8-11H,6-7H2,1-2H3,(H,22,24)(H,23,25,26). The van der Waals surface area contributed by atoms with Gasteiger partial charge in [-0.25, -0.2) is 9.97 Å². The molecule has 0 atom stereocenters. The number of nitrogens with one attached hydrogen (secondary N) is 2. The summed E-state index contributed by atoms with van der Waals surface area (Å²) in [5, 5.41) is 8.26. The molecule has 0 unspecified atom stereocenters. The van der Waals surface area contributed by atoms with Crippen molar-refractivity contribution in [3.05, 3.63) is 41.7 Å². The maximum Gasteiger partial charge on any atom is 0.228 e. The lowest BCUT2D eigenvalue weighted by atomic mass is 10.0. The summed E-state index contributed by atoms with van der Waals surface area (Å²) in [5.41, 5.74) is 1.68. The molecule has 0 bridgehead atoms. The van der Waals surface area contributed by atoms with Crippen molar-refractivity contribution in [3.63, 3.8) is 0 Å². The zero-order valence-electron chi connectivity index (χ0n) is 15.0. The molecule has 0 spiro atoms. The minimum absolute atomic E-state index is 0.0200. The maximum absolute atomic E-state index is 12.1. The van der Waals surface area contributed by atoms with Gasteiger partial charge in [-0.1, -0.05) is 23.7 Å². The van der Waals surface area contributed by atoms with Gasteiger partial charge in [0.25, 0.3) is 0 Å². The third kappa shape index (κ3) is 3.28. The van der Waals surface area contributed by atoms with Crippen LogP contribution in [-0.4, -0.2) is 30.0 Å². The Balaban J connectivity index is 1.89. The van der Waals surface area contributed by atoms with Gasteiger partial charge in [-0.15, -0.1) is 0 Å². The van der Waals surface area contributed by atoms with E-state index in [0.29, 0.717) is 22.4 Å². The molecule has 1 aliphatic carbocycles. The molecule has 2 heterocycles. The van der Waals surface area contributed by atoms with Gasteiger partial charge in [-0.05, 0) is 25.0 Å². The lowest BCUT2D eigenvalue weighted by molar-refractivity contribution is -0.117. The number of hydrogen-bond acceptors (Lipinski definition) is 5. The minimum Gasteiger partial charge on any atom is -0.495 e. The summed E-state index contributed by atoms with van der Waals surface area (Å²) >= 11 is 6.30. The van der Waals surface area contributed by atoms with Gasteiger partial charge in [-0.2, -0.15) is 0 Å². The molecule has 0 radical (unpaired) electrons. The van der Waals surface area contributed by atoms with E-state index in [-0.39, 0.29) is 11.8 Å². The fourth-order valence-electron chi connectivity index (χ4n) is 3.12. The Hall–Kier alpha value is -2.86. The molecule has 1 aliphatic rings. The normalized spacial score (nSPS) is 13.4. The topological polar surface area (TPSA) is 76.1 Å². The van der Waals surface area contributed by atoms with Crippen molar-refractivity contribution in [3.8, 4) is 16.9 Å². The summed E-state index contributed by atoms with van der Waals surface area (Å²) in [6.07, 6.45) is 5.38. The van der Waals surface area contributed by atoms with Crippen LogP contribution in [-0.2, 0) is 4.79 Å². The van der Waals surface area contributed by atoms with Crippen molar-refractivity contribution < 1.29 is 9.53 Å². The summed E-state index contributed by atoms with van der Waals surface area (Å²) in [7, 11) is 3.40. The fourth-order valence-corrected chi connectivity index (χ4v) is 3.37. The van der Waals surface area contributed by atoms with Crippen molar-refractivity contribution in [2.75, 3.05) is 24.8 Å². The van der Waals surface area contributed by atoms with Gasteiger partial charge in [0.2, 0.25) is 5.91 Å². The van der Waals surface area contributed by atoms with Crippen molar-refractivity contribution in [2.24, 2.45) is 5.92 Å². The third-order valence-corrected chi connectivity index (χ3v) is 4.97. The first kappa shape index (κ1) is 17.5. The molecule has 2 aromatic heterocycles. The van der Waals surface area contributed by atoms with Crippen LogP contribution in [0.1, 0.15) is 12.8 Å². The third-order valence-electron chi connectivity index (χ3n) is 4.67. The average molecular weight is 383 g/mol. The summed E-state index contributed by atoms with van der Waals surface area (Å²) in [6.45, 7) is 0. The molecule has 2 N–H and O–H groups in total. The Labute approximate surface area is 161 Å². The molecular formula is C20H19ClN4O2. The van der Waals surface area contributed by atoms with Crippen molar-refractivity contribution in [1.82, 2.24) is 9.97 Å². The molecule has 1 amide bonds. The van der Waals surface area contributed by atoms with E-state index in [4.69, 9.17) is 16.3 Å². The molecule has 0 aliphatic heterocycles. The van der Waals surface area contributed by atoms with E-state index < -0.39 is 0 Å². The van der Waals surface area contributed by atoms with Gasteiger partial charge in [-0.3, -0.25) is 4.79 Å². The van der Waals surface area contributed by atoms with Crippen LogP contribution in [0.2, 0.25) is 5.02 Å². The Bertz CT molecular complexity index is 1030. The molecule has 1 saturated carbocycles. The number of ether oxygens (including phenoxy) is 1. The number of methoxy groups -OCH3 is 1. The number of carbonyl (C=O) groups excluding carboxylic acids is 1. The number of carbonyl (C=O) groups is 1. The molecule has 4 rings (SSSR count). The van der Waals surface area contributed by atoms with Crippen LogP contribution < -0.4 is 15.4 Å². The Kier molecular flexibility index (Phi) is 4.58. The van der Waals surface area contributed by atoms with Crippen LogP contribution in [0.4, 0.5) is 11.6 Å². The first-order chi connectivity index (χ1) is 13.1. The summed E-state index contributed by atoms with van der Waals surface area (Å²) in [5.74, 6) is 1.95.